The Morgan fingerprint density at radius 1 is 1.31 bits per heavy atom. The average Bonchev–Trinajstić information content (AvgIpc) is 2.50. The van der Waals surface area contributed by atoms with Gasteiger partial charge in [0.1, 0.15) is 0 Å². The number of hydrogen-bond acceptors (Lipinski definition) is 3. The van der Waals surface area contributed by atoms with Crippen LogP contribution in [-0.2, 0) is 14.3 Å². The second kappa shape index (κ2) is 4.40. The average molecular weight is 224 g/mol. The maximum absolute atomic E-state index is 12.1. The predicted octanol–water partition coefficient (Wildman–Crippen LogP) is 2.50. The van der Waals surface area contributed by atoms with Crippen LogP contribution in [0.15, 0.2) is 12.2 Å². The van der Waals surface area contributed by atoms with Crippen molar-refractivity contribution in [1.29, 1.82) is 0 Å². The molecule has 0 heterocycles. The molecule has 0 amide bonds. The summed E-state index contributed by atoms with van der Waals surface area (Å²) in [6.07, 6.45) is 5.13. The molecule has 0 aromatic rings. The molecule has 1 rings (SSSR count). The summed E-state index contributed by atoms with van der Waals surface area (Å²) in [6.45, 7) is 7.63. The molecule has 0 aliphatic heterocycles. The molecular weight excluding hydrogens is 204 g/mol. The molecule has 16 heavy (non-hydrogen) atoms. The molecule has 0 aromatic heterocycles. The summed E-state index contributed by atoms with van der Waals surface area (Å²) in [5.41, 5.74) is -0.607. The SMILES string of the molecule is CCC(=O)OCC(=O)[C@@]1(C)CC=CC1(C)C. The first kappa shape index (κ1) is 12.9. The van der Waals surface area contributed by atoms with E-state index in [1.165, 1.54) is 0 Å². The van der Waals surface area contributed by atoms with E-state index in [1.54, 1.807) is 6.92 Å². The predicted molar refractivity (Wildman–Crippen MR) is 61.9 cm³/mol. The fourth-order valence-electron chi connectivity index (χ4n) is 1.92. The molecule has 1 aliphatic carbocycles. The van der Waals surface area contributed by atoms with Gasteiger partial charge in [0.05, 0.1) is 0 Å². The summed E-state index contributed by atoms with van der Waals surface area (Å²) in [5, 5.41) is 0. The number of rotatable bonds is 4. The van der Waals surface area contributed by atoms with E-state index in [-0.39, 0.29) is 23.8 Å². The van der Waals surface area contributed by atoms with Crippen LogP contribution >= 0.6 is 0 Å². The number of carbonyl (C=O) groups excluding carboxylic acids is 2. The van der Waals surface area contributed by atoms with Crippen molar-refractivity contribution < 1.29 is 14.3 Å². The van der Waals surface area contributed by atoms with Gasteiger partial charge in [-0.1, -0.05) is 39.8 Å². The van der Waals surface area contributed by atoms with Gasteiger partial charge in [-0.25, -0.2) is 0 Å². The van der Waals surface area contributed by atoms with Gasteiger partial charge >= 0.3 is 5.97 Å². The number of hydrogen-bond donors (Lipinski definition) is 0. The summed E-state index contributed by atoms with van der Waals surface area (Å²) >= 11 is 0. The van der Waals surface area contributed by atoms with Crippen molar-refractivity contribution >= 4 is 11.8 Å². The first-order chi connectivity index (χ1) is 7.33. The minimum absolute atomic E-state index is 0.00398. The Hall–Kier alpha value is -1.12. The van der Waals surface area contributed by atoms with E-state index in [9.17, 15) is 9.59 Å². The number of carbonyl (C=O) groups is 2. The first-order valence-electron chi connectivity index (χ1n) is 5.70. The maximum Gasteiger partial charge on any atom is 0.305 e. The Balaban J connectivity index is 2.64. The molecule has 0 saturated heterocycles. The van der Waals surface area contributed by atoms with Gasteiger partial charge in [0, 0.05) is 11.8 Å². The molecule has 0 bridgehead atoms. The van der Waals surface area contributed by atoms with E-state index in [0.717, 1.165) is 6.42 Å². The Morgan fingerprint density at radius 3 is 2.38 bits per heavy atom. The van der Waals surface area contributed by atoms with E-state index in [4.69, 9.17) is 4.74 Å². The molecule has 3 nitrogen and oxygen atoms in total. The van der Waals surface area contributed by atoms with Crippen LogP contribution in [0.5, 0.6) is 0 Å². The first-order valence-corrected chi connectivity index (χ1v) is 5.70. The fraction of sp³-hybridized carbons (Fsp3) is 0.692. The Morgan fingerprint density at radius 2 is 1.94 bits per heavy atom. The van der Waals surface area contributed by atoms with Gasteiger partial charge < -0.3 is 4.74 Å². The second-order valence-electron chi connectivity index (χ2n) is 5.10. The number of ketones is 1. The number of esters is 1. The summed E-state index contributed by atoms with van der Waals surface area (Å²) in [6, 6.07) is 0. The third-order valence-electron chi connectivity index (χ3n) is 3.75. The van der Waals surface area contributed by atoms with Crippen LogP contribution in [0.3, 0.4) is 0 Å². The van der Waals surface area contributed by atoms with E-state index in [2.05, 4.69) is 6.08 Å². The molecule has 0 saturated carbocycles. The topological polar surface area (TPSA) is 43.4 Å². The van der Waals surface area contributed by atoms with Crippen molar-refractivity contribution in [2.75, 3.05) is 6.61 Å². The summed E-state index contributed by atoms with van der Waals surface area (Å²) in [7, 11) is 0. The van der Waals surface area contributed by atoms with Crippen LogP contribution in [-0.4, -0.2) is 18.4 Å². The zero-order valence-electron chi connectivity index (χ0n) is 10.5. The minimum Gasteiger partial charge on any atom is -0.458 e. The summed E-state index contributed by atoms with van der Waals surface area (Å²) in [5.74, 6) is -0.315. The summed E-state index contributed by atoms with van der Waals surface area (Å²) in [4.78, 5) is 23.1. The van der Waals surface area contributed by atoms with E-state index in [1.807, 2.05) is 26.8 Å². The van der Waals surface area contributed by atoms with Crippen molar-refractivity contribution in [2.45, 2.75) is 40.5 Å². The highest BCUT2D eigenvalue weighted by molar-refractivity contribution is 5.89. The molecular formula is C13H20O3. The standard InChI is InChI=1S/C13H20O3/c1-5-11(15)16-9-10(14)13(4)8-6-7-12(13,2)3/h6-7H,5,8-9H2,1-4H3/t13-/m1/s1. The molecule has 0 fully saturated rings. The minimum atomic E-state index is -0.443. The van der Waals surface area contributed by atoms with Gasteiger partial charge in [-0.05, 0) is 11.8 Å². The zero-order valence-corrected chi connectivity index (χ0v) is 10.5. The maximum atomic E-state index is 12.1. The smallest absolute Gasteiger partial charge is 0.305 e. The molecule has 0 radical (unpaired) electrons. The lowest BCUT2D eigenvalue weighted by Gasteiger charge is -2.36. The fourth-order valence-corrected chi connectivity index (χ4v) is 1.92. The van der Waals surface area contributed by atoms with E-state index in [0.29, 0.717) is 6.42 Å². The van der Waals surface area contributed by atoms with Crippen molar-refractivity contribution in [3.05, 3.63) is 12.2 Å². The molecule has 0 spiro atoms. The van der Waals surface area contributed by atoms with Gasteiger partial charge in [-0.3, -0.25) is 9.59 Å². The van der Waals surface area contributed by atoms with Crippen LogP contribution in [0, 0.1) is 10.8 Å². The Labute approximate surface area is 96.9 Å². The molecule has 90 valence electrons. The van der Waals surface area contributed by atoms with Crippen molar-refractivity contribution in [3.8, 4) is 0 Å². The third-order valence-corrected chi connectivity index (χ3v) is 3.75. The van der Waals surface area contributed by atoms with Gasteiger partial charge in [-0.2, -0.15) is 0 Å². The van der Waals surface area contributed by atoms with Crippen molar-refractivity contribution in [3.63, 3.8) is 0 Å². The quantitative estimate of drug-likeness (QED) is 0.544. The monoisotopic (exact) mass is 224 g/mol. The van der Waals surface area contributed by atoms with Gasteiger partial charge in [0.25, 0.3) is 0 Å². The molecule has 3 heteroatoms. The largest absolute Gasteiger partial charge is 0.458 e. The van der Waals surface area contributed by atoms with Gasteiger partial charge in [0.15, 0.2) is 12.4 Å². The van der Waals surface area contributed by atoms with Crippen LogP contribution in [0.25, 0.3) is 0 Å². The molecule has 0 unspecified atom stereocenters. The molecule has 0 aromatic carbocycles. The highest BCUT2D eigenvalue weighted by atomic mass is 16.5. The van der Waals surface area contributed by atoms with Crippen LogP contribution < -0.4 is 0 Å². The highest BCUT2D eigenvalue weighted by Gasteiger charge is 2.47. The van der Waals surface area contributed by atoms with Crippen molar-refractivity contribution in [1.82, 2.24) is 0 Å². The van der Waals surface area contributed by atoms with Crippen molar-refractivity contribution in [2.24, 2.45) is 10.8 Å². The number of Topliss-reactive ketones (excluding diaryl/α,β-unsaturated/α-hetero) is 1. The molecule has 0 N–H and O–H groups in total. The highest BCUT2D eigenvalue weighted by Crippen LogP contribution is 2.48. The van der Waals surface area contributed by atoms with E-state index < -0.39 is 5.41 Å². The second-order valence-corrected chi connectivity index (χ2v) is 5.10. The van der Waals surface area contributed by atoms with Crippen LogP contribution in [0.4, 0.5) is 0 Å². The number of allylic oxidation sites excluding steroid dienone is 2. The lowest BCUT2D eigenvalue weighted by atomic mass is 9.66. The van der Waals surface area contributed by atoms with Crippen LogP contribution in [0.2, 0.25) is 0 Å². The zero-order chi connectivity index (χ0) is 12.4. The summed E-state index contributed by atoms with van der Waals surface area (Å²) < 4.78 is 4.91. The lowest BCUT2D eigenvalue weighted by Crippen LogP contribution is -2.40. The Bertz CT molecular complexity index is 328. The molecule has 1 atom stereocenters. The van der Waals surface area contributed by atoms with Gasteiger partial charge in [-0.15, -0.1) is 0 Å². The lowest BCUT2D eigenvalue weighted by molar-refractivity contribution is -0.151. The normalized spacial score (nSPS) is 26.8. The third kappa shape index (κ3) is 2.18. The molecule has 1 aliphatic rings. The number of ether oxygens (including phenoxy) is 1. The Kier molecular flexibility index (Phi) is 3.56. The van der Waals surface area contributed by atoms with Gasteiger partial charge in [0.2, 0.25) is 0 Å². The van der Waals surface area contributed by atoms with Crippen LogP contribution in [0.1, 0.15) is 40.5 Å². The van der Waals surface area contributed by atoms with E-state index >= 15 is 0 Å².